The van der Waals surface area contributed by atoms with E-state index < -0.39 is 0 Å². The summed E-state index contributed by atoms with van der Waals surface area (Å²) in [5.74, 6) is 1.59. The third kappa shape index (κ3) is 4.82. The van der Waals surface area contributed by atoms with E-state index in [2.05, 4.69) is 29.3 Å². The molecule has 166 valence electrons. The van der Waals surface area contributed by atoms with Crippen LogP contribution in [0.15, 0.2) is 24.3 Å². The number of rotatable bonds is 7. The molecule has 1 amide bonds. The number of carbonyl (C=O) groups excluding carboxylic acids is 1. The molecule has 0 radical (unpaired) electrons. The normalized spacial score (nSPS) is 18.2. The monoisotopic (exact) mass is 423 g/mol. The molecule has 1 aromatic carbocycles. The lowest BCUT2D eigenvalue weighted by Gasteiger charge is -2.36. The van der Waals surface area contributed by atoms with E-state index >= 15 is 0 Å². The minimum atomic E-state index is 0.0689. The molecule has 31 heavy (non-hydrogen) atoms. The Kier molecular flexibility index (Phi) is 6.70. The number of aliphatic hydroxyl groups is 1. The molecule has 0 aliphatic carbocycles. The third-order valence-corrected chi connectivity index (χ3v) is 6.27. The minimum absolute atomic E-state index is 0.0689. The number of piperidine rings is 1. The molecule has 1 saturated heterocycles. The number of hydrogen-bond acceptors (Lipinski definition) is 6. The summed E-state index contributed by atoms with van der Waals surface area (Å²) in [6, 6.07) is 8.56. The van der Waals surface area contributed by atoms with Crippen molar-refractivity contribution in [2.75, 3.05) is 34.8 Å². The lowest BCUT2D eigenvalue weighted by molar-refractivity contribution is -0.116. The smallest absolute Gasteiger partial charge is 0.229 e. The van der Waals surface area contributed by atoms with Gasteiger partial charge in [0.2, 0.25) is 11.9 Å². The second kappa shape index (κ2) is 9.64. The number of fused-ring (bicyclic) bond motifs is 1. The van der Waals surface area contributed by atoms with Crippen LogP contribution < -0.4 is 15.1 Å². The summed E-state index contributed by atoms with van der Waals surface area (Å²) in [6.07, 6.45) is 6.99. The Balaban J connectivity index is 1.63. The first-order valence-corrected chi connectivity index (χ1v) is 11.5. The average molecular weight is 424 g/mol. The highest BCUT2D eigenvalue weighted by atomic mass is 16.3. The number of carbonyl (C=O) groups is 1. The number of aryl methyl sites for hydroxylation is 1. The van der Waals surface area contributed by atoms with Gasteiger partial charge in [-0.05, 0) is 56.2 Å². The van der Waals surface area contributed by atoms with Crippen LogP contribution in [0.3, 0.4) is 0 Å². The van der Waals surface area contributed by atoms with E-state index in [4.69, 9.17) is 9.97 Å². The van der Waals surface area contributed by atoms with Crippen LogP contribution in [-0.4, -0.2) is 46.7 Å². The van der Waals surface area contributed by atoms with Gasteiger partial charge in [-0.2, -0.15) is 4.98 Å². The van der Waals surface area contributed by atoms with Crippen LogP contribution >= 0.6 is 0 Å². The summed E-state index contributed by atoms with van der Waals surface area (Å²) >= 11 is 0. The van der Waals surface area contributed by atoms with Gasteiger partial charge in [0.05, 0.1) is 0 Å². The number of amides is 1. The van der Waals surface area contributed by atoms with Crippen molar-refractivity contribution < 1.29 is 9.90 Å². The lowest BCUT2D eigenvalue weighted by atomic mass is 9.99. The van der Waals surface area contributed by atoms with Crippen LogP contribution in [-0.2, 0) is 17.6 Å². The number of anilines is 4. The molecule has 1 unspecified atom stereocenters. The first-order valence-electron chi connectivity index (χ1n) is 11.5. The minimum Gasteiger partial charge on any atom is -0.396 e. The fourth-order valence-corrected chi connectivity index (χ4v) is 4.73. The van der Waals surface area contributed by atoms with Gasteiger partial charge >= 0.3 is 0 Å². The fourth-order valence-electron chi connectivity index (χ4n) is 4.73. The first kappa shape index (κ1) is 21.6. The Bertz CT molecular complexity index is 930. The fraction of sp³-hybridized carbons (Fsp3) is 0.542. The van der Waals surface area contributed by atoms with Gasteiger partial charge in [-0.3, -0.25) is 4.79 Å². The first-order chi connectivity index (χ1) is 15.1. The standard InChI is InChI=1S/C24H33N5O2/c1-3-6-19-16-23(29-12-5-4-7-21(29)11-14-30)27-24(25-19)26-20-9-8-18-10-13-28(17(2)31)22(18)15-20/h8-9,15-16,21,30H,3-7,10-14H2,1-2H3,(H,25,26,27). The lowest BCUT2D eigenvalue weighted by Crippen LogP contribution is -2.40. The van der Waals surface area contributed by atoms with Gasteiger partial charge in [-0.25, -0.2) is 4.98 Å². The summed E-state index contributed by atoms with van der Waals surface area (Å²) in [7, 11) is 0. The molecule has 2 aromatic rings. The number of aliphatic hydroxyl groups excluding tert-OH is 1. The van der Waals surface area contributed by atoms with Crippen molar-refractivity contribution in [2.45, 2.75) is 64.8 Å². The SMILES string of the molecule is CCCc1cc(N2CCCCC2CCO)nc(Nc2ccc3c(c2)N(C(C)=O)CC3)n1. The predicted octanol–water partition coefficient (Wildman–Crippen LogP) is 3.82. The van der Waals surface area contributed by atoms with Crippen LogP contribution in [0.5, 0.6) is 0 Å². The maximum Gasteiger partial charge on any atom is 0.229 e. The second-order valence-electron chi connectivity index (χ2n) is 8.54. The Labute approximate surface area is 184 Å². The second-order valence-corrected chi connectivity index (χ2v) is 8.54. The molecule has 7 heteroatoms. The molecular weight excluding hydrogens is 390 g/mol. The van der Waals surface area contributed by atoms with Crippen molar-refractivity contribution in [3.8, 4) is 0 Å². The largest absolute Gasteiger partial charge is 0.396 e. The number of hydrogen-bond donors (Lipinski definition) is 2. The number of nitrogens with zero attached hydrogens (tertiary/aromatic N) is 4. The van der Waals surface area contributed by atoms with Crippen LogP contribution in [0.1, 0.15) is 57.2 Å². The van der Waals surface area contributed by atoms with Crippen molar-refractivity contribution in [1.82, 2.24) is 9.97 Å². The summed E-state index contributed by atoms with van der Waals surface area (Å²) in [4.78, 5) is 25.7. The van der Waals surface area contributed by atoms with Gasteiger partial charge in [0.1, 0.15) is 5.82 Å². The summed E-state index contributed by atoms with van der Waals surface area (Å²) < 4.78 is 0. The Hall–Kier alpha value is -2.67. The molecule has 4 rings (SSSR count). The molecular formula is C24H33N5O2. The number of benzene rings is 1. The zero-order valence-electron chi connectivity index (χ0n) is 18.6. The molecule has 1 atom stereocenters. The molecule has 2 N–H and O–H groups in total. The topological polar surface area (TPSA) is 81.6 Å². The summed E-state index contributed by atoms with van der Waals surface area (Å²) in [6.45, 7) is 5.66. The van der Waals surface area contributed by atoms with E-state index in [0.29, 0.717) is 12.0 Å². The van der Waals surface area contributed by atoms with E-state index in [1.54, 1.807) is 6.92 Å². The summed E-state index contributed by atoms with van der Waals surface area (Å²) in [5.41, 5.74) is 4.08. The Morgan fingerprint density at radius 1 is 1.23 bits per heavy atom. The van der Waals surface area contributed by atoms with E-state index in [9.17, 15) is 9.90 Å². The molecule has 0 saturated carbocycles. The highest BCUT2D eigenvalue weighted by Gasteiger charge is 2.25. The molecule has 0 spiro atoms. The van der Waals surface area contributed by atoms with Crippen molar-refractivity contribution in [3.63, 3.8) is 0 Å². The van der Waals surface area contributed by atoms with Gasteiger partial charge in [0.15, 0.2) is 0 Å². The molecule has 2 aliphatic rings. The zero-order valence-corrected chi connectivity index (χ0v) is 18.6. The van der Waals surface area contributed by atoms with E-state index in [1.807, 2.05) is 17.0 Å². The van der Waals surface area contributed by atoms with E-state index in [1.165, 1.54) is 12.0 Å². The van der Waals surface area contributed by atoms with Crippen LogP contribution in [0.2, 0.25) is 0 Å². The van der Waals surface area contributed by atoms with Crippen LogP contribution in [0.4, 0.5) is 23.1 Å². The molecule has 2 aliphatic heterocycles. The Morgan fingerprint density at radius 3 is 2.87 bits per heavy atom. The third-order valence-electron chi connectivity index (χ3n) is 6.27. The number of nitrogens with one attached hydrogen (secondary N) is 1. The Morgan fingerprint density at radius 2 is 2.10 bits per heavy atom. The van der Waals surface area contributed by atoms with Gasteiger partial charge < -0.3 is 20.2 Å². The molecule has 7 nitrogen and oxygen atoms in total. The van der Waals surface area contributed by atoms with Gasteiger partial charge in [-0.15, -0.1) is 0 Å². The predicted molar refractivity (Wildman–Crippen MR) is 124 cm³/mol. The van der Waals surface area contributed by atoms with E-state index in [0.717, 1.165) is 74.5 Å². The molecule has 3 heterocycles. The molecule has 1 aromatic heterocycles. The number of aromatic nitrogens is 2. The van der Waals surface area contributed by atoms with Crippen LogP contribution in [0.25, 0.3) is 0 Å². The van der Waals surface area contributed by atoms with Crippen LogP contribution in [0, 0.1) is 0 Å². The maximum atomic E-state index is 12.0. The zero-order chi connectivity index (χ0) is 21.8. The van der Waals surface area contributed by atoms with Crippen molar-refractivity contribution >= 4 is 29.0 Å². The van der Waals surface area contributed by atoms with Gasteiger partial charge in [0.25, 0.3) is 0 Å². The maximum absolute atomic E-state index is 12.0. The van der Waals surface area contributed by atoms with Gasteiger partial charge in [-0.1, -0.05) is 19.4 Å². The highest BCUT2D eigenvalue weighted by Crippen LogP contribution is 2.32. The quantitative estimate of drug-likeness (QED) is 0.705. The van der Waals surface area contributed by atoms with Crippen molar-refractivity contribution in [2.24, 2.45) is 0 Å². The van der Waals surface area contributed by atoms with Gasteiger partial charge in [0, 0.05) is 55.8 Å². The summed E-state index contributed by atoms with van der Waals surface area (Å²) in [5, 5.41) is 12.9. The highest BCUT2D eigenvalue weighted by molar-refractivity contribution is 5.94. The van der Waals surface area contributed by atoms with Crippen molar-refractivity contribution in [3.05, 3.63) is 35.5 Å². The van der Waals surface area contributed by atoms with E-state index in [-0.39, 0.29) is 12.5 Å². The molecule has 0 bridgehead atoms. The molecule has 1 fully saturated rings. The average Bonchev–Trinajstić information content (AvgIpc) is 3.18. The van der Waals surface area contributed by atoms with Crippen molar-refractivity contribution in [1.29, 1.82) is 0 Å².